The van der Waals surface area contributed by atoms with E-state index in [1.54, 1.807) is 0 Å². The first-order valence-corrected chi connectivity index (χ1v) is 25.7. The number of aryl methyl sites for hydroxylation is 4. The molecule has 0 spiro atoms. The molecule has 6 nitrogen and oxygen atoms in total. The second-order valence-corrected chi connectivity index (χ2v) is 21.6. The Morgan fingerprint density at radius 1 is 0.368 bits per heavy atom. The SMILES string of the molecule is C.C.C.C.CC(C)c1ncn(-c2ccccc2)c1C(C)C.CC(C)c1ncn(-c2ccccc2)c1C(C)C.Cc1cccc(C)c1B(C(C)C)N(C)C(C)C.Cc1cccc(C)c1B(C(C)C)N(C)C(C)C.[B].[B].[B].[B]. The zero-order chi connectivity index (χ0) is 51.2. The van der Waals surface area contributed by atoms with Crippen LogP contribution in [0.4, 0.5) is 0 Å². The molecule has 12 heteroatoms. The van der Waals surface area contributed by atoms with E-state index >= 15 is 0 Å². The van der Waals surface area contributed by atoms with Gasteiger partial charge in [-0.3, -0.25) is 0 Å². The number of rotatable bonds is 14. The van der Waals surface area contributed by atoms with Crippen LogP contribution >= 0.6 is 0 Å². The molecule has 6 rings (SSSR count). The third-order valence-corrected chi connectivity index (χ3v) is 13.4. The Kier molecular flexibility index (Phi) is 42.6. The Labute approximate surface area is 480 Å². The third-order valence-electron chi connectivity index (χ3n) is 13.4. The topological polar surface area (TPSA) is 42.1 Å². The van der Waals surface area contributed by atoms with Crippen molar-refractivity contribution in [1.29, 1.82) is 0 Å². The lowest BCUT2D eigenvalue weighted by molar-refractivity contribution is 0.428. The molecule has 0 saturated heterocycles. The Hall–Kier alpha value is -4.39. The minimum Gasteiger partial charge on any atom is -0.338 e. The average molecular weight is 1030 g/mol. The Morgan fingerprint density at radius 3 is 0.816 bits per heavy atom. The van der Waals surface area contributed by atoms with Gasteiger partial charge in [0.05, 0.1) is 24.0 Å². The molecule has 0 unspecified atom stereocenters. The molecule has 0 N–H and O–H groups in total. The number of para-hydroxylation sites is 2. The average Bonchev–Trinajstić information content (AvgIpc) is 3.94. The van der Waals surface area contributed by atoms with E-state index in [1.807, 2.05) is 24.8 Å². The highest BCUT2D eigenvalue weighted by Crippen LogP contribution is 2.29. The van der Waals surface area contributed by atoms with Crippen LogP contribution in [0.3, 0.4) is 0 Å². The van der Waals surface area contributed by atoms with E-state index in [-0.39, 0.29) is 63.4 Å². The standard InChI is InChI=1S/2C15H26BN.2C15H20N2.4CH4.4B/c2*1-11(2)16(17(7)12(3)4)15-13(5)9-8-10-14(15)6;2*1-11(2)14-15(12(3)4)17(10-16-14)13-8-6-5-7-9-13;;;;;;;;/h2*8-12H,1-7H3;2*5-12H,1-4H3;4*1H4;;;;. The molecule has 0 aliphatic heterocycles. The van der Waals surface area contributed by atoms with Crippen molar-refractivity contribution in [2.24, 2.45) is 0 Å². The predicted molar refractivity (Wildman–Crippen MR) is 352 cm³/mol. The van der Waals surface area contributed by atoms with Crippen LogP contribution in [0.15, 0.2) is 110 Å². The molecule has 0 saturated carbocycles. The van der Waals surface area contributed by atoms with Gasteiger partial charge in [0, 0.05) is 56.4 Å². The van der Waals surface area contributed by atoms with Crippen LogP contribution in [0, 0.1) is 27.7 Å². The van der Waals surface area contributed by atoms with Gasteiger partial charge in [0.25, 0.3) is 13.7 Å². The molecular formula is C64H108B6N6. The lowest BCUT2D eigenvalue weighted by atomic mass is 9.44. The van der Waals surface area contributed by atoms with E-state index in [1.165, 1.54) is 67.3 Å². The molecule has 4 aromatic carbocycles. The summed E-state index contributed by atoms with van der Waals surface area (Å²) in [6.45, 7) is 46.0. The smallest absolute Gasteiger partial charge is 0.260 e. The van der Waals surface area contributed by atoms with Crippen molar-refractivity contribution >= 4 is 58.3 Å². The zero-order valence-corrected chi connectivity index (χ0v) is 49.2. The molecule has 0 bridgehead atoms. The van der Waals surface area contributed by atoms with Gasteiger partial charge in [-0.05, 0) is 113 Å². The quantitative estimate of drug-likeness (QED) is 0.102. The number of benzene rings is 4. The molecule has 2 aromatic heterocycles. The molecule has 0 fully saturated rings. The normalized spacial score (nSPS) is 10.3. The second kappa shape index (κ2) is 39.0. The van der Waals surface area contributed by atoms with Crippen LogP contribution in [-0.2, 0) is 0 Å². The molecule has 0 aliphatic rings. The van der Waals surface area contributed by atoms with Gasteiger partial charge in [-0.1, -0.05) is 246 Å². The van der Waals surface area contributed by atoms with Gasteiger partial charge in [-0.2, -0.15) is 0 Å². The highest BCUT2D eigenvalue weighted by molar-refractivity contribution is 6.73. The molecule has 0 amide bonds. The van der Waals surface area contributed by atoms with Crippen LogP contribution in [0.1, 0.15) is 209 Å². The van der Waals surface area contributed by atoms with Crippen LogP contribution in [0.5, 0.6) is 0 Å². The predicted octanol–water partition coefficient (Wildman–Crippen LogP) is 15.8. The van der Waals surface area contributed by atoms with Crippen molar-refractivity contribution in [2.75, 3.05) is 14.1 Å². The first kappa shape index (κ1) is 82.9. The maximum atomic E-state index is 4.58. The summed E-state index contributed by atoms with van der Waals surface area (Å²) in [5, 5.41) is 0. The maximum Gasteiger partial charge on any atom is 0.260 e. The van der Waals surface area contributed by atoms with E-state index in [0.717, 1.165) is 0 Å². The number of aromatic nitrogens is 4. The van der Waals surface area contributed by atoms with Gasteiger partial charge in [0.1, 0.15) is 0 Å². The first-order valence-electron chi connectivity index (χ1n) is 25.7. The van der Waals surface area contributed by atoms with Crippen molar-refractivity contribution in [3.05, 3.63) is 155 Å². The Bertz CT molecular complexity index is 2180. The lowest BCUT2D eigenvalue weighted by Crippen LogP contribution is -2.52. The molecule has 412 valence electrons. The monoisotopic (exact) mass is 1030 g/mol. The van der Waals surface area contributed by atoms with Crippen LogP contribution < -0.4 is 10.9 Å². The minimum atomic E-state index is 0. The highest BCUT2D eigenvalue weighted by Gasteiger charge is 2.31. The number of hydrogen-bond donors (Lipinski definition) is 0. The van der Waals surface area contributed by atoms with Gasteiger partial charge in [0.15, 0.2) is 0 Å². The molecule has 76 heavy (non-hydrogen) atoms. The van der Waals surface area contributed by atoms with Gasteiger partial charge in [-0.15, -0.1) is 0 Å². The summed E-state index contributed by atoms with van der Waals surface area (Å²) in [6.07, 6.45) is 3.89. The molecule has 0 atom stereocenters. The summed E-state index contributed by atoms with van der Waals surface area (Å²) in [5.74, 6) is 3.16. The fraction of sp³-hybridized carbons (Fsp3) is 0.531. The van der Waals surface area contributed by atoms with E-state index in [4.69, 9.17) is 0 Å². The maximum absolute atomic E-state index is 4.58. The highest BCUT2D eigenvalue weighted by atomic mass is 15.1. The van der Waals surface area contributed by atoms with Crippen molar-refractivity contribution in [1.82, 2.24) is 28.7 Å². The van der Waals surface area contributed by atoms with Gasteiger partial charge in [-0.25, -0.2) is 9.97 Å². The largest absolute Gasteiger partial charge is 0.338 e. The second-order valence-electron chi connectivity index (χ2n) is 21.6. The summed E-state index contributed by atoms with van der Waals surface area (Å²) in [5.41, 5.74) is 16.1. The molecule has 6 aromatic rings. The summed E-state index contributed by atoms with van der Waals surface area (Å²) in [4.78, 5) is 14.1. The molecule has 0 aliphatic carbocycles. The van der Waals surface area contributed by atoms with Crippen LogP contribution in [0.25, 0.3) is 11.4 Å². The van der Waals surface area contributed by atoms with Crippen molar-refractivity contribution in [2.45, 2.75) is 216 Å². The first-order chi connectivity index (χ1) is 31.9. The summed E-state index contributed by atoms with van der Waals surface area (Å²) in [7, 11) is 4.47. The Balaban J connectivity index is -0.000000208. The van der Waals surface area contributed by atoms with Crippen molar-refractivity contribution in [3.63, 3.8) is 0 Å². The molecular weight excluding hydrogens is 918 g/mol. The van der Waals surface area contributed by atoms with E-state index < -0.39 is 0 Å². The van der Waals surface area contributed by atoms with Crippen LogP contribution in [0.2, 0.25) is 11.6 Å². The van der Waals surface area contributed by atoms with Gasteiger partial charge in [0.2, 0.25) is 0 Å². The lowest BCUT2D eigenvalue weighted by Gasteiger charge is -2.33. The van der Waals surface area contributed by atoms with E-state index in [0.29, 0.717) is 61.1 Å². The van der Waals surface area contributed by atoms with Crippen molar-refractivity contribution in [3.8, 4) is 11.4 Å². The zero-order valence-electron chi connectivity index (χ0n) is 49.2. The number of imidazole rings is 2. The Morgan fingerprint density at radius 2 is 0.618 bits per heavy atom. The summed E-state index contributed by atoms with van der Waals surface area (Å²) >= 11 is 0. The summed E-state index contributed by atoms with van der Waals surface area (Å²) < 4.78 is 4.42. The van der Waals surface area contributed by atoms with Gasteiger partial charge >= 0.3 is 0 Å². The molecule has 12 radical (unpaired) electrons. The third kappa shape index (κ3) is 22.2. The molecule has 2 heterocycles. The van der Waals surface area contributed by atoms with Gasteiger partial charge < -0.3 is 18.8 Å². The van der Waals surface area contributed by atoms with E-state index in [9.17, 15) is 0 Å². The van der Waals surface area contributed by atoms with Crippen molar-refractivity contribution < 1.29 is 0 Å². The van der Waals surface area contributed by atoms with E-state index in [2.05, 4.69) is 266 Å². The summed E-state index contributed by atoms with van der Waals surface area (Å²) in [6, 6.07) is 35.2. The number of nitrogens with zero attached hydrogens (tertiary/aromatic N) is 6. The fourth-order valence-corrected chi connectivity index (χ4v) is 9.61. The fourth-order valence-electron chi connectivity index (χ4n) is 9.61. The number of hydrogen-bond acceptors (Lipinski definition) is 4. The minimum absolute atomic E-state index is 0. The van der Waals surface area contributed by atoms with Crippen LogP contribution in [-0.4, -0.2) is 102 Å².